The quantitative estimate of drug-likeness (QED) is 0.799. The first kappa shape index (κ1) is 18.7. The summed E-state index contributed by atoms with van der Waals surface area (Å²) in [6.45, 7) is 1.59. The molecule has 0 aromatic heterocycles. The van der Waals surface area contributed by atoms with Crippen LogP contribution in [0.5, 0.6) is 5.75 Å². The highest BCUT2D eigenvalue weighted by Gasteiger charge is 2.36. The lowest BCUT2D eigenvalue weighted by Gasteiger charge is -2.12. The van der Waals surface area contributed by atoms with Gasteiger partial charge in [0.2, 0.25) is 5.91 Å². The fourth-order valence-electron chi connectivity index (χ4n) is 2.55. The summed E-state index contributed by atoms with van der Waals surface area (Å²) in [4.78, 5) is 38.1. The minimum Gasteiger partial charge on any atom is -0.497 e. The van der Waals surface area contributed by atoms with Crippen molar-refractivity contribution >= 4 is 40.6 Å². The molecule has 0 aliphatic carbocycles. The number of amides is 3. The molecule has 2 aromatic carbocycles. The second kappa shape index (κ2) is 8.09. The molecule has 0 saturated carbocycles. The molecule has 1 saturated heterocycles. The Labute approximate surface area is 161 Å². The van der Waals surface area contributed by atoms with Crippen LogP contribution in [0.15, 0.2) is 53.4 Å². The number of nitrogens with zero attached hydrogens (tertiary/aromatic N) is 1. The molecule has 0 atom stereocenters. The minimum absolute atomic E-state index is 0.286. The molecule has 3 rings (SSSR count). The Kier molecular flexibility index (Phi) is 5.61. The summed E-state index contributed by atoms with van der Waals surface area (Å²) in [5.41, 5.74) is 2.40. The van der Waals surface area contributed by atoms with Crippen LogP contribution in [0.1, 0.15) is 11.1 Å². The molecular weight excluding hydrogens is 364 g/mol. The van der Waals surface area contributed by atoms with Crippen molar-refractivity contribution in [3.63, 3.8) is 0 Å². The topological polar surface area (TPSA) is 75.7 Å². The van der Waals surface area contributed by atoms with Gasteiger partial charge >= 0.3 is 0 Å². The fraction of sp³-hybridized carbons (Fsp3) is 0.150. The Morgan fingerprint density at radius 1 is 1.19 bits per heavy atom. The van der Waals surface area contributed by atoms with Crippen LogP contribution >= 0.6 is 11.8 Å². The average Bonchev–Trinajstić information content (AvgIpc) is 2.90. The molecule has 3 amide bonds. The van der Waals surface area contributed by atoms with Gasteiger partial charge in [-0.05, 0) is 60.2 Å². The molecule has 1 fully saturated rings. The Hall–Kier alpha value is -3.06. The lowest BCUT2D eigenvalue weighted by Crippen LogP contribution is -2.36. The highest BCUT2D eigenvalue weighted by Crippen LogP contribution is 2.32. The van der Waals surface area contributed by atoms with Gasteiger partial charge in [-0.15, -0.1) is 0 Å². The number of imide groups is 1. The molecule has 1 aliphatic rings. The zero-order chi connectivity index (χ0) is 19.4. The van der Waals surface area contributed by atoms with E-state index in [2.05, 4.69) is 5.32 Å². The van der Waals surface area contributed by atoms with Crippen LogP contribution in [-0.2, 0) is 9.59 Å². The van der Waals surface area contributed by atoms with E-state index >= 15 is 0 Å². The van der Waals surface area contributed by atoms with Crippen molar-refractivity contribution in [2.24, 2.45) is 0 Å². The van der Waals surface area contributed by atoms with Crippen molar-refractivity contribution in [1.82, 2.24) is 4.90 Å². The highest BCUT2D eigenvalue weighted by atomic mass is 32.2. The predicted octanol–water partition coefficient (Wildman–Crippen LogP) is 3.68. The van der Waals surface area contributed by atoms with E-state index in [0.717, 1.165) is 27.8 Å². The number of thioether (sulfide) groups is 1. The molecule has 138 valence electrons. The van der Waals surface area contributed by atoms with Gasteiger partial charge in [0.15, 0.2) is 0 Å². The third kappa shape index (κ3) is 4.57. The maximum atomic E-state index is 12.5. The monoisotopic (exact) mass is 382 g/mol. The number of ether oxygens (including phenoxy) is 1. The molecule has 0 bridgehead atoms. The normalized spacial score (nSPS) is 15.3. The van der Waals surface area contributed by atoms with Gasteiger partial charge < -0.3 is 10.1 Å². The molecule has 1 aliphatic heterocycles. The van der Waals surface area contributed by atoms with Crippen molar-refractivity contribution in [2.75, 3.05) is 19.0 Å². The third-order valence-electron chi connectivity index (χ3n) is 3.89. The molecular formula is C20H18N2O4S. The maximum absolute atomic E-state index is 12.5. The predicted molar refractivity (Wildman–Crippen MR) is 105 cm³/mol. The summed E-state index contributed by atoms with van der Waals surface area (Å²) >= 11 is 0.825. The zero-order valence-electron chi connectivity index (χ0n) is 14.9. The van der Waals surface area contributed by atoms with Crippen molar-refractivity contribution in [2.45, 2.75) is 6.92 Å². The largest absolute Gasteiger partial charge is 0.497 e. The number of benzene rings is 2. The van der Waals surface area contributed by atoms with Gasteiger partial charge in [0, 0.05) is 5.69 Å². The Morgan fingerprint density at radius 3 is 2.59 bits per heavy atom. The van der Waals surface area contributed by atoms with Crippen LogP contribution in [0, 0.1) is 6.92 Å². The lowest BCUT2D eigenvalue weighted by molar-refractivity contribution is -0.127. The standard InChI is InChI=1S/C20H18N2O4S/c1-13-4-3-5-15(10-13)21-18(23)12-22-19(24)17(27-20(22)25)11-14-6-8-16(26-2)9-7-14/h3-11H,12H2,1-2H3,(H,21,23)/b17-11+. The van der Waals surface area contributed by atoms with Crippen molar-refractivity contribution in [1.29, 1.82) is 0 Å². The number of methoxy groups -OCH3 is 1. The Bertz CT molecular complexity index is 922. The van der Waals surface area contributed by atoms with E-state index in [1.54, 1.807) is 43.5 Å². The summed E-state index contributed by atoms with van der Waals surface area (Å²) < 4.78 is 5.09. The first-order chi connectivity index (χ1) is 13.0. The highest BCUT2D eigenvalue weighted by molar-refractivity contribution is 8.18. The lowest BCUT2D eigenvalue weighted by atomic mass is 10.2. The molecule has 0 radical (unpaired) electrons. The number of carbonyl (C=O) groups is 3. The number of nitrogens with one attached hydrogen (secondary N) is 1. The van der Waals surface area contributed by atoms with Gasteiger partial charge in [0.1, 0.15) is 12.3 Å². The number of hydrogen-bond donors (Lipinski definition) is 1. The molecule has 0 spiro atoms. The molecule has 27 heavy (non-hydrogen) atoms. The van der Waals surface area contributed by atoms with Crippen molar-refractivity contribution in [3.8, 4) is 5.75 Å². The van der Waals surface area contributed by atoms with Crippen LogP contribution < -0.4 is 10.1 Å². The van der Waals surface area contributed by atoms with E-state index in [1.165, 1.54) is 0 Å². The van der Waals surface area contributed by atoms with Crippen LogP contribution in [0.25, 0.3) is 6.08 Å². The maximum Gasteiger partial charge on any atom is 0.294 e. The molecule has 2 aromatic rings. The van der Waals surface area contributed by atoms with Gasteiger partial charge in [-0.25, -0.2) is 0 Å². The Morgan fingerprint density at radius 2 is 1.93 bits per heavy atom. The smallest absolute Gasteiger partial charge is 0.294 e. The number of rotatable bonds is 5. The van der Waals surface area contributed by atoms with Gasteiger partial charge in [0.25, 0.3) is 11.1 Å². The first-order valence-corrected chi connectivity index (χ1v) is 9.04. The van der Waals surface area contributed by atoms with E-state index in [-0.39, 0.29) is 11.4 Å². The molecule has 7 heteroatoms. The van der Waals surface area contributed by atoms with E-state index in [9.17, 15) is 14.4 Å². The summed E-state index contributed by atoms with van der Waals surface area (Å²) in [5, 5.41) is 2.24. The summed E-state index contributed by atoms with van der Waals surface area (Å²) in [6, 6.07) is 14.4. The van der Waals surface area contributed by atoms with Crippen molar-refractivity contribution in [3.05, 3.63) is 64.6 Å². The SMILES string of the molecule is COc1ccc(/C=C2/SC(=O)N(CC(=O)Nc3cccc(C)c3)C2=O)cc1. The Balaban J connectivity index is 1.68. The minimum atomic E-state index is -0.472. The number of aryl methyl sites for hydroxylation is 1. The number of hydrogen-bond acceptors (Lipinski definition) is 5. The second-order valence-corrected chi connectivity index (χ2v) is 6.95. The van der Waals surface area contributed by atoms with Gasteiger partial charge in [-0.2, -0.15) is 0 Å². The van der Waals surface area contributed by atoms with E-state index < -0.39 is 17.1 Å². The van der Waals surface area contributed by atoms with E-state index in [0.29, 0.717) is 11.4 Å². The molecule has 0 unspecified atom stereocenters. The van der Waals surface area contributed by atoms with Crippen LogP contribution in [0.4, 0.5) is 10.5 Å². The molecule has 1 N–H and O–H groups in total. The molecule has 1 heterocycles. The van der Waals surface area contributed by atoms with Crippen LogP contribution in [-0.4, -0.2) is 35.6 Å². The molecule has 6 nitrogen and oxygen atoms in total. The first-order valence-electron chi connectivity index (χ1n) is 8.22. The number of anilines is 1. The average molecular weight is 382 g/mol. The summed E-state index contributed by atoms with van der Waals surface area (Å²) in [5.74, 6) is -0.193. The van der Waals surface area contributed by atoms with Crippen molar-refractivity contribution < 1.29 is 19.1 Å². The second-order valence-electron chi connectivity index (χ2n) is 5.96. The van der Waals surface area contributed by atoms with E-state index in [1.807, 2.05) is 25.1 Å². The van der Waals surface area contributed by atoms with Crippen LogP contribution in [0.2, 0.25) is 0 Å². The van der Waals surface area contributed by atoms with Gasteiger partial charge in [0.05, 0.1) is 12.0 Å². The third-order valence-corrected chi connectivity index (χ3v) is 4.80. The fourth-order valence-corrected chi connectivity index (χ4v) is 3.39. The summed E-state index contributed by atoms with van der Waals surface area (Å²) in [7, 11) is 1.57. The van der Waals surface area contributed by atoms with Gasteiger partial charge in [-0.3, -0.25) is 19.3 Å². The van der Waals surface area contributed by atoms with Crippen LogP contribution in [0.3, 0.4) is 0 Å². The van der Waals surface area contributed by atoms with Gasteiger partial charge in [-0.1, -0.05) is 24.3 Å². The summed E-state index contributed by atoms with van der Waals surface area (Å²) in [6.07, 6.45) is 1.63. The number of carbonyl (C=O) groups excluding carboxylic acids is 3. The zero-order valence-corrected chi connectivity index (χ0v) is 15.7. The van der Waals surface area contributed by atoms with E-state index in [4.69, 9.17) is 4.74 Å².